The van der Waals surface area contributed by atoms with Gasteiger partial charge in [0.15, 0.2) is 0 Å². The van der Waals surface area contributed by atoms with Crippen LogP contribution in [0.5, 0.6) is 11.5 Å². The first kappa shape index (κ1) is 46.1. The maximum atomic E-state index is 13.2. The number of halogens is 4. The van der Waals surface area contributed by atoms with Gasteiger partial charge in [-0.3, -0.25) is 19.6 Å². The third-order valence-electron chi connectivity index (χ3n) is 11.8. The highest BCUT2D eigenvalue weighted by molar-refractivity contribution is 6.31. The van der Waals surface area contributed by atoms with Gasteiger partial charge < -0.3 is 25.6 Å². The number of hydrogen-bond donors (Lipinski definition) is 4. The molecule has 0 radical (unpaired) electrons. The van der Waals surface area contributed by atoms with Crippen molar-refractivity contribution in [2.75, 3.05) is 0 Å². The molecule has 2 atom stereocenters. The lowest BCUT2D eigenvalue weighted by Crippen LogP contribution is -2.36. The van der Waals surface area contributed by atoms with Gasteiger partial charge in [-0.15, -0.1) is 0 Å². The number of aryl methyl sites for hydroxylation is 2. The highest BCUT2D eigenvalue weighted by Gasteiger charge is 2.48. The monoisotopic (exact) mass is 906 g/mol. The average molecular weight is 908 g/mol. The number of fused-ring (bicyclic) bond motifs is 2. The number of nitrogens with zero attached hydrogens (tertiary/aromatic N) is 2. The van der Waals surface area contributed by atoms with Crippen LogP contribution in [0.25, 0.3) is 0 Å². The Balaban J connectivity index is 0.000000164. The summed E-state index contributed by atoms with van der Waals surface area (Å²) in [4.78, 5) is 34.7. The number of carbonyl (C=O) groups is 2. The number of aromatic nitrogens is 2. The van der Waals surface area contributed by atoms with E-state index in [1.807, 2.05) is 42.5 Å². The first-order chi connectivity index (χ1) is 30.4. The SMILES string of the molecule is C.O=C(NC1(c2ccc3c(n2)CCCC3O)CC1)c1ccc(F)cc1.O=C(NC1(c2ccc3c(n2)CCCC3Oc2cccc(Cl)c2)CC1)c1ccc(F)cc1.Oc1cccc(Cl)c1. The third-order valence-corrected chi connectivity index (χ3v) is 12.2. The molecular formula is C51H50Cl2F2N4O5. The lowest BCUT2D eigenvalue weighted by molar-refractivity contribution is 0.0921. The van der Waals surface area contributed by atoms with Crippen LogP contribution >= 0.6 is 23.2 Å². The maximum absolute atomic E-state index is 13.2. The second-order valence-corrected chi connectivity index (χ2v) is 17.3. The molecule has 4 aliphatic rings. The molecular weight excluding hydrogens is 857 g/mol. The van der Waals surface area contributed by atoms with E-state index in [4.69, 9.17) is 43.0 Å². The average Bonchev–Trinajstić information content (AvgIpc) is 4.22. The molecule has 2 aromatic heterocycles. The van der Waals surface area contributed by atoms with Crippen molar-refractivity contribution >= 4 is 35.0 Å². The van der Waals surface area contributed by atoms with E-state index in [1.54, 1.807) is 18.2 Å². The molecule has 4 aromatic carbocycles. The Morgan fingerprint density at radius 1 is 0.641 bits per heavy atom. The molecule has 64 heavy (non-hydrogen) atoms. The molecule has 0 bridgehead atoms. The Kier molecular flexibility index (Phi) is 14.3. The molecule has 4 aliphatic carbocycles. The summed E-state index contributed by atoms with van der Waals surface area (Å²) in [6.45, 7) is 0. The van der Waals surface area contributed by atoms with Crippen molar-refractivity contribution < 1.29 is 33.3 Å². The highest BCUT2D eigenvalue weighted by atomic mass is 35.5. The third kappa shape index (κ3) is 11.1. The van der Waals surface area contributed by atoms with Crippen LogP contribution in [0.2, 0.25) is 10.0 Å². The molecule has 9 nitrogen and oxygen atoms in total. The highest BCUT2D eigenvalue weighted by Crippen LogP contribution is 2.47. The van der Waals surface area contributed by atoms with Crippen LogP contribution < -0.4 is 15.4 Å². The van der Waals surface area contributed by atoms with Gasteiger partial charge in [-0.1, -0.05) is 54.9 Å². The van der Waals surface area contributed by atoms with Crippen molar-refractivity contribution in [3.8, 4) is 11.5 Å². The van der Waals surface area contributed by atoms with Crippen LogP contribution in [0.1, 0.15) is 126 Å². The number of carbonyl (C=O) groups excluding carboxylic acids is 2. The minimum Gasteiger partial charge on any atom is -0.508 e. The number of aliphatic hydroxyl groups is 1. The summed E-state index contributed by atoms with van der Waals surface area (Å²) in [6, 6.07) is 32.9. The minimum atomic E-state index is -0.443. The van der Waals surface area contributed by atoms with Crippen LogP contribution in [0.4, 0.5) is 8.78 Å². The number of benzene rings is 4. The van der Waals surface area contributed by atoms with Crippen molar-refractivity contribution in [2.45, 2.75) is 94.9 Å². The smallest absolute Gasteiger partial charge is 0.252 e. The number of hydrogen-bond acceptors (Lipinski definition) is 7. The predicted molar refractivity (Wildman–Crippen MR) is 244 cm³/mol. The van der Waals surface area contributed by atoms with Crippen LogP contribution in [-0.4, -0.2) is 32.0 Å². The Morgan fingerprint density at radius 3 is 1.61 bits per heavy atom. The van der Waals surface area contributed by atoms with Gasteiger partial charge in [0, 0.05) is 43.7 Å². The Bertz CT molecular complexity index is 2590. The number of phenols is 1. The van der Waals surface area contributed by atoms with E-state index in [2.05, 4.69) is 16.7 Å². The fraction of sp³-hybridized carbons (Fsp3) is 0.294. The molecule has 13 heteroatoms. The van der Waals surface area contributed by atoms with E-state index in [1.165, 1.54) is 54.6 Å². The molecule has 0 spiro atoms. The Hall–Kier alpha value is -5.88. The molecule has 6 aromatic rings. The van der Waals surface area contributed by atoms with Gasteiger partial charge in [0.05, 0.1) is 28.6 Å². The van der Waals surface area contributed by atoms with Crippen molar-refractivity contribution in [1.29, 1.82) is 0 Å². The number of rotatable bonds is 8. The van der Waals surface area contributed by atoms with E-state index in [0.29, 0.717) is 21.2 Å². The van der Waals surface area contributed by atoms with Gasteiger partial charge in [-0.05, 0) is 161 Å². The van der Waals surface area contributed by atoms with E-state index in [-0.39, 0.29) is 42.7 Å². The second kappa shape index (κ2) is 19.9. The zero-order chi connectivity index (χ0) is 44.1. The summed E-state index contributed by atoms with van der Waals surface area (Å²) in [7, 11) is 0. The van der Waals surface area contributed by atoms with Gasteiger partial charge >= 0.3 is 0 Å². The van der Waals surface area contributed by atoms with E-state index in [9.17, 15) is 23.5 Å². The molecule has 10 rings (SSSR count). The van der Waals surface area contributed by atoms with Crippen LogP contribution in [-0.2, 0) is 23.9 Å². The number of ether oxygens (including phenoxy) is 1. The van der Waals surface area contributed by atoms with Crippen molar-refractivity contribution in [2.24, 2.45) is 0 Å². The number of aromatic hydroxyl groups is 1. The van der Waals surface area contributed by atoms with Crippen LogP contribution in [0.15, 0.2) is 121 Å². The summed E-state index contributed by atoms with van der Waals surface area (Å²) in [5, 5.41) is 26.1. The minimum absolute atomic E-state index is 0. The van der Waals surface area contributed by atoms with Crippen molar-refractivity contribution in [1.82, 2.24) is 20.6 Å². The molecule has 0 aliphatic heterocycles. The lowest BCUT2D eigenvalue weighted by atomic mass is 9.92. The number of nitrogens with one attached hydrogen (secondary N) is 2. The molecule has 2 fully saturated rings. The van der Waals surface area contributed by atoms with Crippen LogP contribution in [0, 0.1) is 11.6 Å². The summed E-state index contributed by atoms with van der Waals surface area (Å²) in [5.74, 6) is -0.186. The summed E-state index contributed by atoms with van der Waals surface area (Å²) in [6.07, 6.45) is 8.25. The fourth-order valence-electron chi connectivity index (χ4n) is 8.01. The predicted octanol–water partition coefficient (Wildman–Crippen LogP) is 11.4. The molecule has 2 saturated carbocycles. The fourth-order valence-corrected chi connectivity index (χ4v) is 8.37. The van der Waals surface area contributed by atoms with Crippen molar-refractivity contribution in [3.05, 3.63) is 188 Å². The standard InChI is InChI=1S/C25H22ClFN2O2.C19H19FN2O2.C6H5ClO.CH4/c26-17-3-1-4-19(15-17)31-22-6-2-5-21-20(22)11-12-23(28-21)25(13-14-25)29-24(30)16-7-9-18(27)10-8-16;20-13-6-4-12(5-7-13)18(24)22-19(10-11-19)17-9-8-14-15(21-17)2-1-3-16(14)23;7-5-2-1-3-6(8)4-5;/h1,3-4,7-12,15,22H,2,5-6,13-14H2,(H,29,30);4-9,16,23H,1-3,10-11H2,(H,22,24);1-4,8H;1H4. The van der Waals surface area contributed by atoms with Crippen LogP contribution in [0.3, 0.4) is 0 Å². The lowest BCUT2D eigenvalue weighted by Gasteiger charge is -2.27. The molecule has 2 amide bonds. The number of phenolic OH excluding ortho intramolecular Hbond substituents is 1. The van der Waals surface area contributed by atoms with Gasteiger partial charge in [0.1, 0.15) is 29.2 Å². The number of aliphatic hydroxyl groups excluding tert-OH is 1. The Labute approximate surface area is 381 Å². The first-order valence-electron chi connectivity index (χ1n) is 21.1. The zero-order valence-electron chi connectivity index (χ0n) is 34.3. The molecule has 2 unspecified atom stereocenters. The molecule has 0 saturated heterocycles. The quantitative estimate of drug-likeness (QED) is 0.119. The summed E-state index contributed by atoms with van der Waals surface area (Å²) < 4.78 is 32.4. The number of pyridine rings is 2. The summed E-state index contributed by atoms with van der Waals surface area (Å²) >= 11 is 11.6. The zero-order valence-corrected chi connectivity index (χ0v) is 35.8. The van der Waals surface area contributed by atoms with Gasteiger partial charge in [-0.25, -0.2) is 8.78 Å². The molecule has 2 heterocycles. The molecule has 4 N–H and O–H groups in total. The first-order valence-corrected chi connectivity index (χ1v) is 21.9. The van der Waals surface area contributed by atoms with E-state index < -0.39 is 17.2 Å². The number of amides is 2. The Morgan fingerprint density at radius 2 is 1.12 bits per heavy atom. The summed E-state index contributed by atoms with van der Waals surface area (Å²) in [5.41, 5.74) is 5.71. The van der Waals surface area contributed by atoms with E-state index >= 15 is 0 Å². The topological polar surface area (TPSA) is 134 Å². The van der Waals surface area contributed by atoms with Crippen molar-refractivity contribution in [3.63, 3.8) is 0 Å². The largest absolute Gasteiger partial charge is 0.508 e. The molecule has 332 valence electrons. The van der Waals surface area contributed by atoms with Gasteiger partial charge in [0.25, 0.3) is 11.8 Å². The normalized spacial score (nSPS) is 18.1. The van der Waals surface area contributed by atoms with Gasteiger partial charge in [-0.2, -0.15) is 0 Å². The maximum Gasteiger partial charge on any atom is 0.252 e. The second-order valence-electron chi connectivity index (χ2n) is 16.4. The van der Waals surface area contributed by atoms with E-state index in [0.717, 1.165) is 104 Å². The van der Waals surface area contributed by atoms with Gasteiger partial charge in [0.2, 0.25) is 0 Å².